The fourth-order valence-electron chi connectivity index (χ4n) is 3.35. The molecule has 0 saturated heterocycles. The first-order valence-corrected chi connectivity index (χ1v) is 8.50. The summed E-state index contributed by atoms with van der Waals surface area (Å²) >= 11 is 0. The molecule has 5 heteroatoms. The largest absolute Gasteiger partial charge is 0.381 e. The fraction of sp³-hybridized carbons (Fsp3) is 0.611. The molecule has 23 heavy (non-hydrogen) atoms. The van der Waals surface area contributed by atoms with Crippen LogP contribution < -0.4 is 16.4 Å². The SMILES string of the molecule is CC(C)Nc1ccc(F)cc1NC(=O)CC1(CN)CCCCC1. The highest BCUT2D eigenvalue weighted by Gasteiger charge is 2.33. The molecule has 4 nitrogen and oxygen atoms in total. The summed E-state index contributed by atoms with van der Waals surface area (Å²) < 4.78 is 13.5. The first-order valence-electron chi connectivity index (χ1n) is 8.50. The first kappa shape index (κ1) is 17.7. The summed E-state index contributed by atoms with van der Waals surface area (Å²) in [6.45, 7) is 4.53. The zero-order valence-electron chi connectivity index (χ0n) is 14.1. The quantitative estimate of drug-likeness (QED) is 0.745. The molecular weight excluding hydrogens is 293 g/mol. The standard InChI is InChI=1S/C18H28FN3O/c1-13(2)21-15-7-6-14(19)10-16(15)22-17(23)11-18(12-20)8-4-3-5-9-18/h6-7,10,13,21H,3-5,8-9,11-12,20H2,1-2H3,(H,22,23). The highest BCUT2D eigenvalue weighted by atomic mass is 19.1. The van der Waals surface area contributed by atoms with E-state index in [2.05, 4.69) is 10.6 Å². The average Bonchev–Trinajstić information content (AvgIpc) is 2.50. The Bertz CT molecular complexity index is 539. The zero-order chi connectivity index (χ0) is 16.9. The molecule has 1 aliphatic carbocycles. The number of carbonyl (C=O) groups excluding carboxylic acids is 1. The van der Waals surface area contributed by atoms with Gasteiger partial charge in [-0.05, 0) is 56.8 Å². The third-order valence-electron chi connectivity index (χ3n) is 4.58. The molecule has 0 aromatic heterocycles. The molecule has 1 aromatic rings. The third-order valence-corrected chi connectivity index (χ3v) is 4.58. The van der Waals surface area contributed by atoms with Crippen molar-refractivity contribution in [2.45, 2.75) is 58.4 Å². The summed E-state index contributed by atoms with van der Waals surface area (Å²) in [5.74, 6) is -0.449. The van der Waals surface area contributed by atoms with Gasteiger partial charge in [0.05, 0.1) is 11.4 Å². The highest BCUT2D eigenvalue weighted by molar-refractivity contribution is 5.94. The Morgan fingerprint density at radius 1 is 1.26 bits per heavy atom. The van der Waals surface area contributed by atoms with Gasteiger partial charge >= 0.3 is 0 Å². The Labute approximate surface area is 138 Å². The van der Waals surface area contributed by atoms with E-state index in [1.54, 1.807) is 6.07 Å². The summed E-state index contributed by atoms with van der Waals surface area (Å²) in [6.07, 6.45) is 5.88. The Morgan fingerprint density at radius 3 is 2.57 bits per heavy atom. The Morgan fingerprint density at radius 2 is 1.96 bits per heavy atom. The van der Waals surface area contributed by atoms with Crippen molar-refractivity contribution in [3.05, 3.63) is 24.0 Å². The predicted molar refractivity (Wildman–Crippen MR) is 93.0 cm³/mol. The maximum atomic E-state index is 13.5. The average molecular weight is 321 g/mol. The molecule has 1 saturated carbocycles. The van der Waals surface area contributed by atoms with Crippen molar-refractivity contribution in [1.82, 2.24) is 0 Å². The van der Waals surface area contributed by atoms with E-state index in [9.17, 15) is 9.18 Å². The molecule has 128 valence electrons. The minimum Gasteiger partial charge on any atom is -0.381 e. The van der Waals surface area contributed by atoms with E-state index >= 15 is 0 Å². The smallest absolute Gasteiger partial charge is 0.225 e. The maximum Gasteiger partial charge on any atom is 0.225 e. The van der Waals surface area contributed by atoms with Crippen LogP contribution in [0.4, 0.5) is 15.8 Å². The van der Waals surface area contributed by atoms with Gasteiger partial charge in [-0.3, -0.25) is 4.79 Å². The van der Waals surface area contributed by atoms with Crippen LogP contribution in [0, 0.1) is 11.2 Å². The summed E-state index contributed by atoms with van der Waals surface area (Å²) in [5.41, 5.74) is 7.08. The van der Waals surface area contributed by atoms with Gasteiger partial charge in [0.15, 0.2) is 0 Å². The van der Waals surface area contributed by atoms with Gasteiger partial charge in [0.2, 0.25) is 5.91 Å². The molecule has 1 aliphatic rings. The van der Waals surface area contributed by atoms with Gasteiger partial charge in [-0.25, -0.2) is 4.39 Å². The van der Waals surface area contributed by atoms with Gasteiger partial charge in [-0.1, -0.05) is 19.3 Å². The number of carbonyl (C=O) groups is 1. The van der Waals surface area contributed by atoms with Gasteiger partial charge < -0.3 is 16.4 Å². The molecule has 1 fully saturated rings. The number of anilines is 2. The monoisotopic (exact) mass is 321 g/mol. The molecule has 4 N–H and O–H groups in total. The summed E-state index contributed by atoms with van der Waals surface area (Å²) in [7, 11) is 0. The van der Waals surface area contributed by atoms with Gasteiger partial charge in [-0.2, -0.15) is 0 Å². The van der Waals surface area contributed by atoms with E-state index < -0.39 is 0 Å². The third kappa shape index (κ3) is 4.93. The molecule has 0 heterocycles. The number of hydrogen-bond donors (Lipinski definition) is 3. The van der Waals surface area contributed by atoms with Gasteiger partial charge in [0.25, 0.3) is 0 Å². The number of rotatable bonds is 6. The van der Waals surface area contributed by atoms with Gasteiger partial charge in [0.1, 0.15) is 5.82 Å². The van der Waals surface area contributed by atoms with E-state index in [0.29, 0.717) is 18.7 Å². The molecule has 0 spiro atoms. The zero-order valence-corrected chi connectivity index (χ0v) is 14.1. The lowest BCUT2D eigenvalue weighted by atomic mass is 9.71. The van der Waals surface area contributed by atoms with E-state index in [1.165, 1.54) is 18.6 Å². The predicted octanol–water partition coefficient (Wildman–Crippen LogP) is 3.88. The van der Waals surface area contributed by atoms with Crippen LogP contribution in [0.2, 0.25) is 0 Å². The minimum absolute atomic E-state index is 0.0882. The van der Waals surface area contributed by atoms with Crippen LogP contribution in [0.5, 0.6) is 0 Å². The van der Waals surface area contributed by atoms with E-state index in [0.717, 1.165) is 31.4 Å². The summed E-state index contributed by atoms with van der Waals surface area (Å²) in [6, 6.07) is 4.61. The molecule has 0 unspecified atom stereocenters. The second-order valence-electron chi connectivity index (χ2n) is 6.98. The van der Waals surface area contributed by atoms with Crippen LogP contribution in [0.3, 0.4) is 0 Å². The molecule has 0 radical (unpaired) electrons. The summed E-state index contributed by atoms with van der Waals surface area (Å²) in [5, 5.41) is 6.09. The topological polar surface area (TPSA) is 67.1 Å². The van der Waals surface area contributed by atoms with Crippen LogP contribution in [0.15, 0.2) is 18.2 Å². The normalized spacial score (nSPS) is 17.1. The number of hydrogen-bond acceptors (Lipinski definition) is 3. The number of amides is 1. The minimum atomic E-state index is -0.360. The lowest BCUT2D eigenvalue weighted by Crippen LogP contribution is -2.36. The van der Waals surface area contributed by atoms with Gasteiger partial charge in [0, 0.05) is 12.5 Å². The van der Waals surface area contributed by atoms with Crippen molar-refractivity contribution >= 4 is 17.3 Å². The molecule has 2 rings (SSSR count). The number of nitrogens with two attached hydrogens (primary N) is 1. The number of halogens is 1. The van der Waals surface area contributed by atoms with Crippen LogP contribution in [0.25, 0.3) is 0 Å². The van der Waals surface area contributed by atoms with E-state index in [1.807, 2.05) is 13.8 Å². The molecule has 0 atom stereocenters. The molecule has 0 bridgehead atoms. The molecule has 1 aromatic carbocycles. The van der Waals surface area contributed by atoms with Crippen LogP contribution in [-0.4, -0.2) is 18.5 Å². The maximum absolute atomic E-state index is 13.5. The van der Waals surface area contributed by atoms with Crippen LogP contribution in [-0.2, 0) is 4.79 Å². The van der Waals surface area contributed by atoms with E-state index in [-0.39, 0.29) is 23.2 Å². The second kappa shape index (κ2) is 7.77. The van der Waals surface area contributed by atoms with Crippen molar-refractivity contribution in [2.75, 3.05) is 17.2 Å². The highest BCUT2D eigenvalue weighted by Crippen LogP contribution is 2.38. The van der Waals surface area contributed by atoms with Crippen molar-refractivity contribution in [3.63, 3.8) is 0 Å². The molecule has 1 amide bonds. The van der Waals surface area contributed by atoms with E-state index in [4.69, 9.17) is 5.73 Å². The van der Waals surface area contributed by atoms with Crippen molar-refractivity contribution in [2.24, 2.45) is 11.1 Å². The molecule has 0 aliphatic heterocycles. The Balaban J connectivity index is 2.08. The lowest BCUT2D eigenvalue weighted by molar-refractivity contribution is -0.118. The Hall–Kier alpha value is -1.62. The van der Waals surface area contributed by atoms with Crippen LogP contribution >= 0.6 is 0 Å². The van der Waals surface area contributed by atoms with Gasteiger partial charge in [-0.15, -0.1) is 0 Å². The first-order chi connectivity index (χ1) is 10.9. The second-order valence-corrected chi connectivity index (χ2v) is 6.98. The number of benzene rings is 1. The van der Waals surface area contributed by atoms with Crippen molar-refractivity contribution in [1.29, 1.82) is 0 Å². The fourth-order valence-corrected chi connectivity index (χ4v) is 3.35. The number of nitrogens with one attached hydrogen (secondary N) is 2. The van der Waals surface area contributed by atoms with Crippen molar-refractivity contribution < 1.29 is 9.18 Å². The summed E-state index contributed by atoms with van der Waals surface area (Å²) in [4.78, 5) is 12.5. The van der Waals surface area contributed by atoms with Crippen molar-refractivity contribution in [3.8, 4) is 0 Å². The molecular formula is C18H28FN3O. The Kier molecular flexibility index (Phi) is 5.99. The van der Waals surface area contributed by atoms with Crippen LogP contribution in [0.1, 0.15) is 52.4 Å². The lowest BCUT2D eigenvalue weighted by Gasteiger charge is -2.35.